The normalized spacial score (nSPS) is 23.8. The lowest BCUT2D eigenvalue weighted by Crippen LogP contribution is -2.58. The van der Waals surface area contributed by atoms with Crippen LogP contribution in [-0.2, 0) is 0 Å². The van der Waals surface area contributed by atoms with E-state index in [-0.39, 0.29) is 5.54 Å². The molecule has 1 fully saturated rings. The Morgan fingerprint density at radius 1 is 1.28 bits per heavy atom. The van der Waals surface area contributed by atoms with Crippen molar-refractivity contribution in [1.29, 1.82) is 0 Å². The summed E-state index contributed by atoms with van der Waals surface area (Å²) in [5.41, 5.74) is 6.31. The van der Waals surface area contributed by atoms with Crippen LogP contribution in [0.15, 0.2) is 0 Å². The van der Waals surface area contributed by atoms with Crippen molar-refractivity contribution >= 4 is 11.8 Å². The fourth-order valence-corrected chi connectivity index (χ4v) is 3.91. The number of nitrogens with zero attached hydrogens (tertiary/aromatic N) is 1. The van der Waals surface area contributed by atoms with Gasteiger partial charge in [0.15, 0.2) is 0 Å². The first-order valence-electron chi connectivity index (χ1n) is 7.52. The van der Waals surface area contributed by atoms with Gasteiger partial charge in [0.1, 0.15) is 0 Å². The quantitative estimate of drug-likeness (QED) is 0.719. The van der Waals surface area contributed by atoms with E-state index in [4.69, 9.17) is 5.73 Å². The predicted molar refractivity (Wildman–Crippen MR) is 84.3 cm³/mol. The summed E-state index contributed by atoms with van der Waals surface area (Å²) in [4.78, 5) is 2.65. The zero-order valence-electron chi connectivity index (χ0n) is 12.8. The first-order valence-corrected chi connectivity index (χ1v) is 8.51. The summed E-state index contributed by atoms with van der Waals surface area (Å²) in [6.07, 6.45) is 6.61. The maximum atomic E-state index is 6.09. The van der Waals surface area contributed by atoms with E-state index in [0.29, 0.717) is 4.75 Å². The van der Waals surface area contributed by atoms with Crippen LogP contribution in [0.5, 0.6) is 0 Å². The van der Waals surface area contributed by atoms with Gasteiger partial charge in [0.25, 0.3) is 0 Å². The molecule has 0 aliphatic carbocycles. The summed E-state index contributed by atoms with van der Waals surface area (Å²) in [5.74, 6) is 1.25. The minimum Gasteiger partial charge on any atom is -0.329 e. The van der Waals surface area contributed by atoms with Crippen molar-refractivity contribution in [2.24, 2.45) is 5.73 Å². The van der Waals surface area contributed by atoms with Gasteiger partial charge in [-0.1, -0.05) is 32.6 Å². The van der Waals surface area contributed by atoms with E-state index in [2.05, 4.69) is 44.4 Å². The fraction of sp³-hybridized carbons (Fsp3) is 1.00. The average molecular weight is 273 g/mol. The molecule has 0 amide bonds. The number of rotatable bonds is 7. The molecule has 0 spiro atoms. The second-order valence-corrected chi connectivity index (χ2v) is 8.34. The van der Waals surface area contributed by atoms with E-state index in [0.717, 1.165) is 6.54 Å². The van der Waals surface area contributed by atoms with Crippen molar-refractivity contribution in [2.75, 3.05) is 25.4 Å². The van der Waals surface area contributed by atoms with Crippen LogP contribution in [0.3, 0.4) is 0 Å². The SMILES string of the molecule is CCCCCCC(C)(CN)N1CCSC(C)(C)C1. The zero-order valence-corrected chi connectivity index (χ0v) is 13.6. The van der Waals surface area contributed by atoms with Gasteiger partial charge >= 0.3 is 0 Å². The van der Waals surface area contributed by atoms with Crippen LogP contribution in [0.2, 0.25) is 0 Å². The van der Waals surface area contributed by atoms with Crippen molar-refractivity contribution < 1.29 is 0 Å². The molecule has 1 aliphatic rings. The molecule has 3 heteroatoms. The Morgan fingerprint density at radius 2 is 2.00 bits per heavy atom. The Morgan fingerprint density at radius 3 is 2.56 bits per heavy atom. The Kier molecular flexibility index (Phi) is 6.49. The predicted octanol–water partition coefficient (Wildman–Crippen LogP) is 3.50. The van der Waals surface area contributed by atoms with E-state index in [1.807, 2.05) is 0 Å². The van der Waals surface area contributed by atoms with Crippen LogP contribution < -0.4 is 5.73 Å². The Balaban J connectivity index is 2.51. The third-order valence-corrected chi connectivity index (χ3v) is 5.50. The molecule has 2 nitrogen and oxygen atoms in total. The van der Waals surface area contributed by atoms with Gasteiger partial charge in [-0.25, -0.2) is 0 Å². The highest BCUT2D eigenvalue weighted by molar-refractivity contribution is 8.00. The first kappa shape index (κ1) is 16.3. The Bertz CT molecular complexity index is 243. The van der Waals surface area contributed by atoms with Gasteiger partial charge in [-0.2, -0.15) is 11.8 Å². The maximum Gasteiger partial charge on any atom is 0.0304 e. The molecule has 1 aliphatic heterocycles. The molecule has 2 N–H and O–H groups in total. The third-order valence-electron chi connectivity index (χ3n) is 4.20. The van der Waals surface area contributed by atoms with Crippen LogP contribution in [0.25, 0.3) is 0 Å². The Labute approximate surface area is 118 Å². The molecule has 1 atom stereocenters. The molecule has 0 bridgehead atoms. The molecule has 1 heterocycles. The summed E-state index contributed by atoms with van der Waals surface area (Å²) >= 11 is 2.10. The molecule has 108 valence electrons. The summed E-state index contributed by atoms with van der Waals surface area (Å²) in [7, 11) is 0. The maximum absolute atomic E-state index is 6.09. The highest BCUT2D eigenvalue weighted by atomic mass is 32.2. The van der Waals surface area contributed by atoms with Gasteiger partial charge in [-0.05, 0) is 27.2 Å². The largest absolute Gasteiger partial charge is 0.329 e. The molecule has 0 aromatic carbocycles. The molecular formula is C15H32N2S. The lowest BCUT2D eigenvalue weighted by molar-refractivity contribution is 0.0928. The lowest BCUT2D eigenvalue weighted by atomic mass is 9.91. The minimum absolute atomic E-state index is 0.214. The molecule has 0 aromatic rings. The van der Waals surface area contributed by atoms with Crippen LogP contribution in [0.4, 0.5) is 0 Å². The highest BCUT2D eigenvalue weighted by Crippen LogP contribution is 2.34. The zero-order chi connectivity index (χ0) is 13.6. The lowest BCUT2D eigenvalue weighted by Gasteiger charge is -2.47. The van der Waals surface area contributed by atoms with Crippen LogP contribution in [-0.4, -0.2) is 40.6 Å². The third kappa shape index (κ3) is 4.75. The van der Waals surface area contributed by atoms with Gasteiger partial charge in [-0.3, -0.25) is 4.90 Å². The van der Waals surface area contributed by atoms with Gasteiger partial charge in [0.05, 0.1) is 0 Å². The van der Waals surface area contributed by atoms with Crippen LogP contribution in [0.1, 0.15) is 59.8 Å². The molecule has 1 rings (SSSR count). The van der Waals surface area contributed by atoms with Crippen molar-refractivity contribution in [1.82, 2.24) is 4.90 Å². The summed E-state index contributed by atoms with van der Waals surface area (Å²) in [5, 5.41) is 0. The summed E-state index contributed by atoms with van der Waals surface area (Å²) in [6, 6.07) is 0. The second kappa shape index (κ2) is 7.16. The number of hydrogen-bond donors (Lipinski definition) is 1. The molecule has 1 saturated heterocycles. The number of thioether (sulfide) groups is 1. The van der Waals surface area contributed by atoms with Crippen LogP contribution in [0, 0.1) is 0 Å². The van der Waals surface area contributed by atoms with E-state index >= 15 is 0 Å². The first-order chi connectivity index (χ1) is 8.43. The molecule has 0 aromatic heterocycles. The summed E-state index contributed by atoms with van der Waals surface area (Å²) in [6.45, 7) is 12.5. The van der Waals surface area contributed by atoms with Gasteiger partial charge in [0.2, 0.25) is 0 Å². The summed E-state index contributed by atoms with van der Waals surface area (Å²) < 4.78 is 0.387. The van der Waals surface area contributed by atoms with E-state index in [9.17, 15) is 0 Å². The van der Waals surface area contributed by atoms with E-state index in [1.165, 1.54) is 50.9 Å². The Hall–Kier alpha value is 0.270. The molecule has 1 unspecified atom stereocenters. The molecule has 0 saturated carbocycles. The van der Waals surface area contributed by atoms with Crippen molar-refractivity contribution in [3.63, 3.8) is 0 Å². The second-order valence-electron chi connectivity index (χ2n) is 6.54. The van der Waals surface area contributed by atoms with Crippen LogP contribution >= 0.6 is 11.8 Å². The topological polar surface area (TPSA) is 29.3 Å². The fourth-order valence-electron chi connectivity index (χ4n) is 2.80. The molecule has 0 radical (unpaired) electrons. The van der Waals surface area contributed by atoms with Crippen molar-refractivity contribution in [2.45, 2.75) is 70.1 Å². The minimum atomic E-state index is 0.214. The molecule has 18 heavy (non-hydrogen) atoms. The van der Waals surface area contributed by atoms with E-state index < -0.39 is 0 Å². The average Bonchev–Trinajstić information content (AvgIpc) is 2.33. The van der Waals surface area contributed by atoms with Gasteiger partial charge in [0, 0.05) is 35.7 Å². The van der Waals surface area contributed by atoms with Gasteiger partial charge in [-0.15, -0.1) is 0 Å². The number of unbranched alkanes of at least 4 members (excludes halogenated alkanes) is 3. The van der Waals surface area contributed by atoms with Crippen molar-refractivity contribution in [3.05, 3.63) is 0 Å². The van der Waals surface area contributed by atoms with Crippen molar-refractivity contribution in [3.8, 4) is 0 Å². The monoisotopic (exact) mass is 272 g/mol. The number of nitrogens with two attached hydrogens (primary N) is 1. The van der Waals surface area contributed by atoms with E-state index in [1.54, 1.807) is 0 Å². The molecular weight excluding hydrogens is 240 g/mol. The number of hydrogen-bond acceptors (Lipinski definition) is 3. The van der Waals surface area contributed by atoms with Gasteiger partial charge < -0.3 is 5.73 Å². The highest BCUT2D eigenvalue weighted by Gasteiger charge is 2.36. The standard InChI is InChI=1S/C15H32N2S/c1-5-6-7-8-9-15(4,12-16)17-10-11-18-14(2,3)13-17/h5-13,16H2,1-4H3. The smallest absolute Gasteiger partial charge is 0.0304 e.